The maximum absolute atomic E-state index is 13.0. The minimum absolute atomic E-state index is 0.169. The number of rotatable bonds is 5. The van der Waals surface area contributed by atoms with Crippen molar-refractivity contribution >= 4 is 32.6 Å². The normalized spacial score (nSPS) is 14.9. The fourth-order valence-corrected chi connectivity index (χ4v) is 3.96. The van der Waals surface area contributed by atoms with Crippen LogP contribution in [-0.4, -0.2) is 48.9 Å². The van der Waals surface area contributed by atoms with E-state index in [4.69, 9.17) is 4.74 Å². The molecule has 0 unspecified atom stereocenters. The highest BCUT2D eigenvalue weighted by Gasteiger charge is 2.21. The first-order chi connectivity index (χ1) is 14.1. The van der Waals surface area contributed by atoms with Gasteiger partial charge in [0.25, 0.3) is 0 Å². The van der Waals surface area contributed by atoms with E-state index < -0.39 is 0 Å². The number of piperazine rings is 1. The van der Waals surface area contributed by atoms with E-state index >= 15 is 0 Å². The number of hydrogen-bond donors (Lipinski definition) is 0. The zero-order chi connectivity index (χ0) is 20.2. The van der Waals surface area contributed by atoms with Crippen LogP contribution in [-0.2, 0) is 17.8 Å². The van der Waals surface area contributed by atoms with Crippen molar-refractivity contribution in [2.24, 2.45) is 0 Å². The molecule has 1 heterocycles. The average molecular weight is 453 g/mol. The number of hydrogen-bond acceptors (Lipinski definition) is 3. The number of likely N-dealkylation sites (N-methyl/N-ethyl adjacent to an activating group) is 1. The van der Waals surface area contributed by atoms with Crippen LogP contribution in [0.4, 0.5) is 0 Å². The summed E-state index contributed by atoms with van der Waals surface area (Å²) in [7, 11) is 2.10. The first-order valence-corrected chi connectivity index (χ1v) is 10.7. The van der Waals surface area contributed by atoms with E-state index in [0.717, 1.165) is 58.3 Å². The Bertz CT molecular complexity index is 995. The second kappa shape index (κ2) is 8.97. The Hall–Kier alpha value is -2.37. The molecular weight excluding hydrogens is 428 g/mol. The van der Waals surface area contributed by atoms with Crippen molar-refractivity contribution in [2.45, 2.75) is 13.0 Å². The van der Waals surface area contributed by atoms with Gasteiger partial charge in [-0.25, -0.2) is 0 Å². The highest BCUT2D eigenvalue weighted by Crippen LogP contribution is 2.30. The molecular formula is C24H25BrN2O2. The number of fused-ring (bicyclic) bond motifs is 1. The van der Waals surface area contributed by atoms with Crippen LogP contribution in [0.2, 0.25) is 0 Å². The van der Waals surface area contributed by atoms with Gasteiger partial charge in [0.05, 0.1) is 6.42 Å². The Balaban J connectivity index is 1.58. The number of halogens is 1. The molecule has 0 bridgehead atoms. The van der Waals surface area contributed by atoms with Crippen LogP contribution >= 0.6 is 15.9 Å². The third kappa shape index (κ3) is 4.80. The van der Waals surface area contributed by atoms with Gasteiger partial charge < -0.3 is 14.5 Å². The first kappa shape index (κ1) is 19.9. The highest BCUT2D eigenvalue weighted by atomic mass is 79.9. The van der Waals surface area contributed by atoms with Crippen LogP contribution in [0, 0.1) is 0 Å². The van der Waals surface area contributed by atoms with Gasteiger partial charge >= 0.3 is 0 Å². The predicted octanol–water partition coefficient (Wildman–Crippen LogP) is 4.50. The molecule has 150 valence electrons. The Morgan fingerprint density at radius 2 is 1.69 bits per heavy atom. The Morgan fingerprint density at radius 3 is 2.45 bits per heavy atom. The molecule has 3 aromatic rings. The van der Waals surface area contributed by atoms with Crippen LogP contribution in [0.5, 0.6) is 5.75 Å². The van der Waals surface area contributed by atoms with Crippen molar-refractivity contribution in [1.29, 1.82) is 0 Å². The topological polar surface area (TPSA) is 32.8 Å². The van der Waals surface area contributed by atoms with Crippen molar-refractivity contribution < 1.29 is 9.53 Å². The van der Waals surface area contributed by atoms with Crippen molar-refractivity contribution in [3.05, 3.63) is 76.3 Å². The Labute approximate surface area is 180 Å². The van der Waals surface area contributed by atoms with Crippen LogP contribution < -0.4 is 4.74 Å². The number of carbonyl (C=O) groups is 1. The maximum atomic E-state index is 13.0. The second-order valence-corrected chi connectivity index (χ2v) is 8.46. The number of carbonyl (C=O) groups excluding carboxylic acids is 1. The third-order valence-electron chi connectivity index (χ3n) is 5.49. The molecule has 5 heteroatoms. The molecule has 0 radical (unpaired) electrons. The second-order valence-electron chi connectivity index (χ2n) is 7.54. The van der Waals surface area contributed by atoms with Gasteiger partial charge in [-0.05, 0) is 41.6 Å². The summed E-state index contributed by atoms with van der Waals surface area (Å²) in [4.78, 5) is 17.3. The summed E-state index contributed by atoms with van der Waals surface area (Å²) >= 11 is 3.46. The van der Waals surface area contributed by atoms with Crippen molar-refractivity contribution in [3.63, 3.8) is 0 Å². The maximum Gasteiger partial charge on any atom is 0.227 e. The average Bonchev–Trinajstić information content (AvgIpc) is 2.74. The largest absolute Gasteiger partial charge is 0.489 e. The van der Waals surface area contributed by atoms with E-state index in [-0.39, 0.29) is 5.91 Å². The molecule has 1 amide bonds. The number of benzene rings is 3. The van der Waals surface area contributed by atoms with E-state index in [1.165, 1.54) is 0 Å². The lowest BCUT2D eigenvalue weighted by atomic mass is 10.00. The summed E-state index contributed by atoms with van der Waals surface area (Å²) in [5, 5.41) is 2.22. The van der Waals surface area contributed by atoms with Gasteiger partial charge in [0.1, 0.15) is 12.4 Å². The summed E-state index contributed by atoms with van der Waals surface area (Å²) < 4.78 is 7.23. The van der Waals surface area contributed by atoms with E-state index in [0.29, 0.717) is 13.0 Å². The fraction of sp³-hybridized carbons (Fsp3) is 0.292. The number of nitrogens with zero attached hydrogens (tertiary/aromatic N) is 2. The first-order valence-electron chi connectivity index (χ1n) is 9.94. The molecule has 0 N–H and O–H groups in total. The SMILES string of the molecule is CN1CCN(C(=O)Cc2c(OCc3ccc(Br)cc3)ccc3ccccc23)CC1. The Kier molecular flexibility index (Phi) is 6.16. The summed E-state index contributed by atoms with van der Waals surface area (Å²) in [6, 6.07) is 20.4. The molecule has 1 fully saturated rings. The zero-order valence-electron chi connectivity index (χ0n) is 16.6. The fourth-order valence-electron chi connectivity index (χ4n) is 3.69. The lowest BCUT2D eigenvalue weighted by molar-refractivity contribution is -0.132. The summed E-state index contributed by atoms with van der Waals surface area (Å²) in [5.41, 5.74) is 2.07. The van der Waals surface area contributed by atoms with E-state index in [2.05, 4.69) is 46.1 Å². The summed E-state index contributed by atoms with van der Waals surface area (Å²) in [5.74, 6) is 0.956. The van der Waals surface area contributed by atoms with Gasteiger partial charge in [-0.2, -0.15) is 0 Å². The molecule has 1 aliphatic rings. The minimum Gasteiger partial charge on any atom is -0.489 e. The van der Waals surface area contributed by atoms with Crippen molar-refractivity contribution in [2.75, 3.05) is 33.2 Å². The van der Waals surface area contributed by atoms with Crippen molar-refractivity contribution in [1.82, 2.24) is 9.80 Å². The van der Waals surface area contributed by atoms with Gasteiger partial charge in [-0.15, -0.1) is 0 Å². The van der Waals surface area contributed by atoms with Gasteiger partial charge in [-0.3, -0.25) is 4.79 Å². The van der Waals surface area contributed by atoms with E-state index in [9.17, 15) is 4.79 Å². The van der Waals surface area contributed by atoms with Gasteiger partial charge in [0.15, 0.2) is 0 Å². The van der Waals surface area contributed by atoms with Crippen LogP contribution in [0.25, 0.3) is 10.8 Å². The molecule has 3 aromatic carbocycles. The molecule has 4 nitrogen and oxygen atoms in total. The number of ether oxygens (including phenoxy) is 1. The monoisotopic (exact) mass is 452 g/mol. The standard InChI is InChI=1S/C24H25BrN2O2/c1-26-12-14-27(15-13-26)24(28)16-22-21-5-3-2-4-19(21)8-11-23(22)29-17-18-6-9-20(25)10-7-18/h2-11H,12-17H2,1H3. The van der Waals surface area contributed by atoms with Crippen LogP contribution in [0.3, 0.4) is 0 Å². The van der Waals surface area contributed by atoms with Crippen LogP contribution in [0.1, 0.15) is 11.1 Å². The predicted molar refractivity (Wildman–Crippen MR) is 120 cm³/mol. The minimum atomic E-state index is 0.169. The van der Waals surface area contributed by atoms with Crippen molar-refractivity contribution in [3.8, 4) is 5.75 Å². The smallest absolute Gasteiger partial charge is 0.227 e. The molecule has 0 spiro atoms. The molecule has 0 aromatic heterocycles. The van der Waals surface area contributed by atoms with Gasteiger partial charge in [0.2, 0.25) is 5.91 Å². The Morgan fingerprint density at radius 1 is 0.966 bits per heavy atom. The lowest BCUT2D eigenvalue weighted by Crippen LogP contribution is -2.47. The lowest BCUT2D eigenvalue weighted by Gasteiger charge is -2.32. The van der Waals surface area contributed by atoms with Gasteiger partial charge in [0, 0.05) is 36.2 Å². The third-order valence-corrected chi connectivity index (χ3v) is 6.02. The molecule has 0 atom stereocenters. The number of amides is 1. The molecule has 0 saturated carbocycles. The van der Waals surface area contributed by atoms with Gasteiger partial charge in [-0.1, -0.05) is 58.4 Å². The molecule has 29 heavy (non-hydrogen) atoms. The highest BCUT2D eigenvalue weighted by molar-refractivity contribution is 9.10. The summed E-state index contributed by atoms with van der Waals surface area (Å²) in [6.07, 6.45) is 0.362. The van der Waals surface area contributed by atoms with E-state index in [1.807, 2.05) is 47.4 Å². The molecule has 0 aliphatic carbocycles. The molecule has 4 rings (SSSR count). The zero-order valence-corrected chi connectivity index (χ0v) is 18.2. The van der Waals surface area contributed by atoms with E-state index in [1.54, 1.807) is 0 Å². The molecule has 1 saturated heterocycles. The van der Waals surface area contributed by atoms with Crippen LogP contribution in [0.15, 0.2) is 65.1 Å². The summed E-state index contributed by atoms with van der Waals surface area (Å²) in [6.45, 7) is 3.90. The molecule has 1 aliphatic heterocycles. The quantitative estimate of drug-likeness (QED) is 0.571.